The van der Waals surface area contributed by atoms with E-state index in [0.29, 0.717) is 10.7 Å². The summed E-state index contributed by atoms with van der Waals surface area (Å²) < 4.78 is 0. The molecule has 0 bridgehead atoms. The Morgan fingerprint density at radius 1 is 1.27 bits per heavy atom. The van der Waals surface area contributed by atoms with E-state index in [1.54, 1.807) is 18.2 Å². The van der Waals surface area contributed by atoms with Crippen molar-refractivity contribution in [2.75, 3.05) is 10.6 Å². The van der Waals surface area contributed by atoms with Gasteiger partial charge >= 0.3 is 0 Å². The molecule has 0 fully saturated rings. The predicted octanol–water partition coefficient (Wildman–Crippen LogP) is 3.71. The van der Waals surface area contributed by atoms with Crippen LogP contribution in [0.2, 0.25) is 5.02 Å². The highest BCUT2D eigenvalue weighted by Crippen LogP contribution is 2.34. The van der Waals surface area contributed by atoms with Crippen LogP contribution in [0.1, 0.15) is 23.5 Å². The van der Waals surface area contributed by atoms with E-state index >= 15 is 0 Å². The van der Waals surface area contributed by atoms with E-state index in [2.05, 4.69) is 10.6 Å². The zero-order valence-corrected chi connectivity index (χ0v) is 12.8. The topological polar surface area (TPSA) is 58.2 Å². The highest BCUT2D eigenvalue weighted by molar-refractivity contribution is 6.30. The van der Waals surface area contributed by atoms with Crippen LogP contribution in [-0.2, 0) is 9.59 Å². The van der Waals surface area contributed by atoms with Gasteiger partial charge in [0.25, 0.3) is 0 Å². The molecule has 4 nitrogen and oxygen atoms in total. The van der Waals surface area contributed by atoms with Crippen molar-refractivity contribution in [3.05, 3.63) is 58.6 Å². The van der Waals surface area contributed by atoms with Crippen molar-refractivity contribution >= 4 is 34.8 Å². The van der Waals surface area contributed by atoms with Gasteiger partial charge in [-0.15, -0.1) is 0 Å². The minimum Gasteiger partial charge on any atom is -0.326 e. The fourth-order valence-electron chi connectivity index (χ4n) is 2.63. The van der Waals surface area contributed by atoms with Crippen molar-refractivity contribution in [1.29, 1.82) is 0 Å². The summed E-state index contributed by atoms with van der Waals surface area (Å²) in [6.45, 7) is 1.87. The third-order valence-corrected chi connectivity index (χ3v) is 4.00. The van der Waals surface area contributed by atoms with Crippen molar-refractivity contribution in [3.63, 3.8) is 0 Å². The molecule has 112 valence electrons. The van der Waals surface area contributed by atoms with Crippen molar-refractivity contribution < 1.29 is 9.59 Å². The molecule has 0 spiro atoms. The van der Waals surface area contributed by atoms with Gasteiger partial charge in [-0.3, -0.25) is 9.59 Å². The average Bonchev–Trinajstić information content (AvgIpc) is 2.78. The first kappa shape index (κ1) is 14.6. The number of aryl methyl sites for hydroxylation is 1. The minimum absolute atomic E-state index is 0.116. The number of halogens is 1. The van der Waals surface area contributed by atoms with Crippen molar-refractivity contribution in [1.82, 2.24) is 0 Å². The summed E-state index contributed by atoms with van der Waals surface area (Å²) in [7, 11) is 0. The molecule has 0 radical (unpaired) electrons. The summed E-state index contributed by atoms with van der Waals surface area (Å²) in [4.78, 5) is 24.3. The maximum absolute atomic E-state index is 12.2. The first-order valence-corrected chi connectivity index (χ1v) is 7.38. The molecule has 22 heavy (non-hydrogen) atoms. The standard InChI is InChI=1S/C17H15ClN2O2/c1-10-8-11(18)6-7-14(10)19-16(21)9-13-12-4-2-3-5-15(12)20-17(13)22/h2-8,13H,9H2,1H3,(H,19,21)(H,20,22). The quantitative estimate of drug-likeness (QED) is 0.907. The fraction of sp³-hybridized carbons (Fsp3) is 0.176. The summed E-state index contributed by atoms with van der Waals surface area (Å²) in [6.07, 6.45) is 0.116. The Hall–Kier alpha value is -2.33. The Bertz CT molecular complexity index is 758. The lowest BCUT2D eigenvalue weighted by Gasteiger charge is -2.11. The van der Waals surface area contributed by atoms with E-state index in [0.717, 1.165) is 16.8 Å². The van der Waals surface area contributed by atoms with Gasteiger partial charge in [0.15, 0.2) is 0 Å². The molecule has 5 heteroatoms. The second-order valence-electron chi connectivity index (χ2n) is 5.34. The van der Waals surface area contributed by atoms with Crippen LogP contribution in [0, 0.1) is 6.92 Å². The number of fused-ring (bicyclic) bond motifs is 1. The summed E-state index contributed by atoms with van der Waals surface area (Å²) in [6, 6.07) is 12.7. The van der Waals surface area contributed by atoms with Crippen LogP contribution in [0.5, 0.6) is 0 Å². The number of hydrogen-bond acceptors (Lipinski definition) is 2. The molecule has 0 saturated heterocycles. The number of rotatable bonds is 3. The van der Waals surface area contributed by atoms with Crippen LogP contribution in [0.15, 0.2) is 42.5 Å². The maximum atomic E-state index is 12.2. The first-order chi connectivity index (χ1) is 10.5. The molecule has 1 aliphatic rings. The zero-order valence-electron chi connectivity index (χ0n) is 12.0. The van der Waals surface area contributed by atoms with Gasteiger partial charge in [-0.25, -0.2) is 0 Å². The lowest BCUT2D eigenvalue weighted by atomic mass is 9.97. The van der Waals surface area contributed by atoms with Gasteiger partial charge < -0.3 is 10.6 Å². The maximum Gasteiger partial charge on any atom is 0.232 e. The van der Waals surface area contributed by atoms with E-state index in [1.807, 2.05) is 31.2 Å². The number of carbonyl (C=O) groups is 2. The second-order valence-corrected chi connectivity index (χ2v) is 5.78. The Labute approximate surface area is 133 Å². The smallest absolute Gasteiger partial charge is 0.232 e. The monoisotopic (exact) mass is 314 g/mol. The third kappa shape index (κ3) is 2.83. The SMILES string of the molecule is Cc1cc(Cl)ccc1NC(=O)CC1C(=O)Nc2ccccc21. The van der Waals surface area contributed by atoms with Crippen LogP contribution >= 0.6 is 11.6 Å². The number of hydrogen-bond donors (Lipinski definition) is 2. The van der Waals surface area contributed by atoms with Gasteiger partial charge in [0.05, 0.1) is 5.92 Å². The van der Waals surface area contributed by atoms with E-state index in [9.17, 15) is 9.59 Å². The lowest BCUT2D eigenvalue weighted by molar-refractivity contribution is -0.122. The number of anilines is 2. The van der Waals surface area contributed by atoms with Gasteiger partial charge in [-0.1, -0.05) is 29.8 Å². The average molecular weight is 315 g/mol. The molecule has 1 heterocycles. The Balaban J connectivity index is 1.73. The van der Waals surface area contributed by atoms with E-state index < -0.39 is 5.92 Å². The highest BCUT2D eigenvalue weighted by Gasteiger charge is 2.31. The van der Waals surface area contributed by atoms with Gasteiger partial charge in [0, 0.05) is 22.8 Å². The van der Waals surface area contributed by atoms with Crippen LogP contribution in [0.4, 0.5) is 11.4 Å². The largest absolute Gasteiger partial charge is 0.326 e. The number of carbonyl (C=O) groups excluding carboxylic acids is 2. The molecule has 1 unspecified atom stereocenters. The summed E-state index contributed by atoms with van der Waals surface area (Å²) in [5.74, 6) is -0.768. The Kier molecular flexibility index (Phi) is 3.86. The molecular weight excluding hydrogens is 300 g/mol. The van der Waals surface area contributed by atoms with E-state index in [-0.39, 0.29) is 18.2 Å². The summed E-state index contributed by atoms with van der Waals surface area (Å²) in [5.41, 5.74) is 3.25. The lowest BCUT2D eigenvalue weighted by Crippen LogP contribution is -2.20. The van der Waals surface area contributed by atoms with Gasteiger partial charge in [-0.05, 0) is 42.3 Å². The van der Waals surface area contributed by atoms with Gasteiger partial charge in [0.2, 0.25) is 11.8 Å². The molecular formula is C17H15ClN2O2. The number of amides is 2. The van der Waals surface area contributed by atoms with Gasteiger partial charge in [0.1, 0.15) is 0 Å². The van der Waals surface area contributed by atoms with Crippen LogP contribution in [0.25, 0.3) is 0 Å². The summed E-state index contributed by atoms with van der Waals surface area (Å²) in [5, 5.41) is 6.26. The normalized spacial score (nSPS) is 16.1. The molecule has 0 saturated carbocycles. The van der Waals surface area contributed by atoms with Gasteiger partial charge in [-0.2, -0.15) is 0 Å². The molecule has 3 rings (SSSR count). The predicted molar refractivity (Wildman–Crippen MR) is 87.2 cm³/mol. The van der Waals surface area contributed by atoms with Crippen molar-refractivity contribution in [2.45, 2.75) is 19.3 Å². The van der Waals surface area contributed by atoms with Crippen molar-refractivity contribution in [3.8, 4) is 0 Å². The fourth-order valence-corrected chi connectivity index (χ4v) is 2.86. The van der Waals surface area contributed by atoms with Crippen LogP contribution < -0.4 is 10.6 Å². The van der Waals surface area contributed by atoms with Crippen molar-refractivity contribution in [2.24, 2.45) is 0 Å². The Morgan fingerprint density at radius 2 is 2.05 bits per heavy atom. The molecule has 0 aromatic heterocycles. The molecule has 2 N–H and O–H groups in total. The Morgan fingerprint density at radius 3 is 2.82 bits per heavy atom. The molecule has 2 aromatic rings. The summed E-state index contributed by atoms with van der Waals surface area (Å²) >= 11 is 5.90. The zero-order chi connectivity index (χ0) is 15.7. The van der Waals surface area contributed by atoms with Crippen LogP contribution in [0.3, 0.4) is 0 Å². The first-order valence-electron chi connectivity index (χ1n) is 7.00. The molecule has 1 atom stereocenters. The van der Waals surface area contributed by atoms with Crippen LogP contribution in [-0.4, -0.2) is 11.8 Å². The second kappa shape index (κ2) is 5.81. The number of para-hydroxylation sites is 1. The molecule has 2 aromatic carbocycles. The highest BCUT2D eigenvalue weighted by atomic mass is 35.5. The van der Waals surface area contributed by atoms with E-state index in [1.165, 1.54) is 0 Å². The minimum atomic E-state index is -0.441. The number of nitrogens with one attached hydrogen (secondary N) is 2. The third-order valence-electron chi connectivity index (χ3n) is 3.76. The van der Waals surface area contributed by atoms with E-state index in [4.69, 9.17) is 11.6 Å². The number of benzene rings is 2. The molecule has 0 aliphatic carbocycles. The molecule has 1 aliphatic heterocycles. The molecule has 2 amide bonds.